The van der Waals surface area contributed by atoms with Crippen molar-refractivity contribution in [2.75, 3.05) is 29.1 Å². The normalized spacial score (nSPS) is 21.2. The van der Waals surface area contributed by atoms with Gasteiger partial charge in [0.05, 0.1) is 12.2 Å². The lowest BCUT2D eigenvalue weighted by atomic mass is 10.1. The first kappa shape index (κ1) is 19.4. The van der Waals surface area contributed by atoms with Gasteiger partial charge >= 0.3 is 0 Å². The molecule has 29 heavy (non-hydrogen) atoms. The van der Waals surface area contributed by atoms with E-state index in [1.54, 1.807) is 12.3 Å². The van der Waals surface area contributed by atoms with E-state index in [-0.39, 0.29) is 17.8 Å². The van der Waals surface area contributed by atoms with E-state index in [0.717, 1.165) is 16.9 Å². The fourth-order valence-electron chi connectivity index (χ4n) is 3.50. The number of benzene rings is 2. The molecular formula is C22H24FN3O3. The van der Waals surface area contributed by atoms with Gasteiger partial charge in [-0.25, -0.2) is 4.39 Å². The summed E-state index contributed by atoms with van der Waals surface area (Å²) in [5.41, 5.74) is 4.46. The van der Waals surface area contributed by atoms with Gasteiger partial charge in [0.25, 0.3) is 5.91 Å². The molecule has 4 rings (SSSR count). The van der Waals surface area contributed by atoms with Gasteiger partial charge in [-0.2, -0.15) is 0 Å². The van der Waals surface area contributed by atoms with Gasteiger partial charge in [0.1, 0.15) is 11.9 Å². The van der Waals surface area contributed by atoms with Gasteiger partial charge < -0.3 is 25.4 Å². The summed E-state index contributed by atoms with van der Waals surface area (Å²) in [6, 6.07) is 10.1. The third-order valence-corrected chi connectivity index (χ3v) is 4.96. The van der Waals surface area contributed by atoms with E-state index in [1.165, 1.54) is 12.1 Å². The second kappa shape index (κ2) is 7.50. The number of nitrogens with one attached hydrogen (secondary N) is 3. The Kier molecular flexibility index (Phi) is 5.02. The maximum Gasteiger partial charge on any atom is 0.257 e. The number of ether oxygens (including phenoxy) is 2. The fourth-order valence-corrected chi connectivity index (χ4v) is 3.50. The Balaban J connectivity index is 1.42. The number of carbonyl (C=O) groups is 1. The minimum Gasteiger partial charge on any atom is -0.382 e. The molecule has 2 aliphatic rings. The first-order chi connectivity index (χ1) is 13.8. The number of halogens is 1. The number of amides is 1. The zero-order valence-corrected chi connectivity index (χ0v) is 16.6. The molecule has 2 aromatic carbocycles. The van der Waals surface area contributed by atoms with Crippen molar-refractivity contribution < 1.29 is 18.7 Å². The van der Waals surface area contributed by atoms with Crippen molar-refractivity contribution >= 4 is 28.5 Å². The molecule has 2 aliphatic heterocycles. The Hall–Kier alpha value is -2.90. The van der Waals surface area contributed by atoms with Crippen molar-refractivity contribution in [1.29, 1.82) is 0 Å². The largest absolute Gasteiger partial charge is 0.382 e. The van der Waals surface area contributed by atoms with E-state index in [4.69, 9.17) is 9.47 Å². The predicted molar refractivity (Wildman–Crippen MR) is 111 cm³/mol. The third kappa shape index (κ3) is 4.26. The molecule has 0 spiro atoms. The lowest BCUT2D eigenvalue weighted by Gasteiger charge is -2.18. The number of fused-ring (bicyclic) bond motifs is 1. The first-order valence-electron chi connectivity index (χ1n) is 9.55. The topological polar surface area (TPSA) is 71.6 Å². The average molecular weight is 397 g/mol. The lowest BCUT2D eigenvalue weighted by Crippen LogP contribution is -2.26. The van der Waals surface area contributed by atoms with Crippen molar-refractivity contribution in [2.24, 2.45) is 0 Å². The summed E-state index contributed by atoms with van der Waals surface area (Å²) in [7, 11) is 0. The second-order valence-electron chi connectivity index (χ2n) is 7.71. The zero-order chi connectivity index (χ0) is 20.6. The number of hydrogen-bond donors (Lipinski definition) is 3. The van der Waals surface area contributed by atoms with E-state index in [2.05, 4.69) is 16.0 Å². The van der Waals surface area contributed by atoms with Crippen molar-refractivity contribution in [3.05, 3.63) is 59.5 Å². The van der Waals surface area contributed by atoms with Crippen LogP contribution in [0.3, 0.4) is 0 Å². The van der Waals surface area contributed by atoms with Crippen LogP contribution in [0.5, 0.6) is 0 Å². The van der Waals surface area contributed by atoms with Crippen molar-refractivity contribution in [3.63, 3.8) is 0 Å². The van der Waals surface area contributed by atoms with Crippen LogP contribution in [0.4, 0.5) is 21.5 Å². The highest BCUT2D eigenvalue weighted by molar-refractivity contribution is 6.31. The van der Waals surface area contributed by atoms with Crippen LogP contribution >= 0.6 is 0 Å². The molecule has 3 N–H and O–H groups in total. The Morgan fingerprint density at radius 3 is 2.83 bits per heavy atom. The second-order valence-corrected chi connectivity index (χ2v) is 7.71. The molecule has 0 saturated carbocycles. The average Bonchev–Trinajstić information content (AvgIpc) is 3.17. The summed E-state index contributed by atoms with van der Waals surface area (Å²) in [4.78, 5) is 12.2. The van der Waals surface area contributed by atoms with Gasteiger partial charge in [0.15, 0.2) is 5.79 Å². The molecule has 1 fully saturated rings. The van der Waals surface area contributed by atoms with E-state index >= 15 is 0 Å². The summed E-state index contributed by atoms with van der Waals surface area (Å²) in [6.07, 6.45) is 1.61. The van der Waals surface area contributed by atoms with Crippen LogP contribution in [0.2, 0.25) is 0 Å². The molecule has 1 atom stereocenters. The molecule has 1 saturated heterocycles. The fraction of sp³-hybridized carbons (Fsp3) is 0.318. The minimum absolute atomic E-state index is 0.00766. The van der Waals surface area contributed by atoms with Crippen LogP contribution in [-0.2, 0) is 14.3 Å². The Morgan fingerprint density at radius 2 is 2.10 bits per heavy atom. The molecule has 0 aliphatic carbocycles. The molecule has 152 valence electrons. The summed E-state index contributed by atoms with van der Waals surface area (Å²) < 4.78 is 24.9. The lowest BCUT2D eigenvalue weighted by molar-refractivity contribution is -0.136. The Morgan fingerprint density at radius 1 is 1.28 bits per heavy atom. The SMILES string of the molecule is Cc1cc(N/C=C2/C(=O)Nc3ccc(F)cc32)ccc1NCC1COC(C)(C)O1. The van der Waals surface area contributed by atoms with Crippen molar-refractivity contribution in [2.45, 2.75) is 32.7 Å². The molecule has 0 radical (unpaired) electrons. The van der Waals surface area contributed by atoms with Crippen molar-refractivity contribution in [1.82, 2.24) is 0 Å². The third-order valence-electron chi connectivity index (χ3n) is 4.96. The molecular weight excluding hydrogens is 373 g/mol. The van der Waals surface area contributed by atoms with E-state index < -0.39 is 5.79 Å². The summed E-state index contributed by atoms with van der Waals surface area (Å²) in [5, 5.41) is 9.26. The number of rotatable bonds is 5. The number of anilines is 3. The highest BCUT2D eigenvalue weighted by atomic mass is 19.1. The van der Waals surface area contributed by atoms with Gasteiger partial charge in [-0.1, -0.05) is 0 Å². The molecule has 1 unspecified atom stereocenters. The van der Waals surface area contributed by atoms with Crippen LogP contribution in [0, 0.1) is 12.7 Å². The molecule has 0 bridgehead atoms. The Bertz CT molecular complexity index is 987. The van der Waals surface area contributed by atoms with Crippen LogP contribution in [-0.4, -0.2) is 30.9 Å². The quantitative estimate of drug-likeness (QED) is 0.663. The molecule has 2 heterocycles. The predicted octanol–water partition coefficient (Wildman–Crippen LogP) is 4.10. The van der Waals surface area contributed by atoms with E-state index in [1.807, 2.05) is 39.0 Å². The van der Waals surface area contributed by atoms with Crippen LogP contribution in [0.15, 0.2) is 42.6 Å². The highest BCUT2D eigenvalue weighted by Crippen LogP contribution is 2.32. The maximum atomic E-state index is 13.5. The van der Waals surface area contributed by atoms with Crippen LogP contribution in [0.1, 0.15) is 25.0 Å². The van der Waals surface area contributed by atoms with E-state index in [0.29, 0.717) is 30.0 Å². The summed E-state index contributed by atoms with van der Waals surface area (Å²) in [5.74, 6) is -1.16. The summed E-state index contributed by atoms with van der Waals surface area (Å²) in [6.45, 7) is 7.04. The van der Waals surface area contributed by atoms with Crippen LogP contribution < -0.4 is 16.0 Å². The number of aryl methyl sites for hydroxylation is 1. The van der Waals surface area contributed by atoms with Gasteiger partial charge in [-0.05, 0) is 62.7 Å². The number of carbonyl (C=O) groups excluding carboxylic acids is 1. The monoisotopic (exact) mass is 397 g/mol. The smallest absolute Gasteiger partial charge is 0.257 e. The first-order valence-corrected chi connectivity index (χ1v) is 9.55. The van der Waals surface area contributed by atoms with Crippen molar-refractivity contribution in [3.8, 4) is 0 Å². The molecule has 2 aromatic rings. The van der Waals surface area contributed by atoms with Gasteiger partial charge in [-0.15, -0.1) is 0 Å². The molecule has 7 heteroatoms. The zero-order valence-electron chi connectivity index (χ0n) is 16.6. The minimum atomic E-state index is -0.531. The highest BCUT2D eigenvalue weighted by Gasteiger charge is 2.32. The van der Waals surface area contributed by atoms with E-state index in [9.17, 15) is 9.18 Å². The molecule has 0 aromatic heterocycles. The van der Waals surface area contributed by atoms with Crippen LogP contribution in [0.25, 0.3) is 5.57 Å². The Labute approximate surface area is 169 Å². The standard InChI is InChI=1S/C22H24FN3O3/c1-13-8-15(5-7-19(13)25-10-16-12-28-22(2,3)29-16)24-11-18-17-9-14(23)4-6-20(17)26-21(18)27/h4-9,11,16,24-25H,10,12H2,1-3H3,(H,26,27)/b18-11+. The van der Waals surface area contributed by atoms with Gasteiger partial charge in [-0.3, -0.25) is 4.79 Å². The molecule has 6 nitrogen and oxygen atoms in total. The maximum absolute atomic E-state index is 13.5. The molecule has 1 amide bonds. The van der Waals surface area contributed by atoms with Gasteiger partial charge in [0, 0.05) is 35.4 Å². The summed E-state index contributed by atoms with van der Waals surface area (Å²) >= 11 is 0. The number of hydrogen-bond acceptors (Lipinski definition) is 5. The van der Waals surface area contributed by atoms with Gasteiger partial charge in [0.2, 0.25) is 0 Å².